The number of allylic oxidation sites excluding steroid dienone is 1. The van der Waals surface area contributed by atoms with Crippen molar-refractivity contribution in [2.24, 2.45) is 0 Å². The zero-order chi connectivity index (χ0) is 22.7. The third-order valence-corrected chi connectivity index (χ3v) is 6.02. The molecule has 4 rings (SSSR count). The van der Waals surface area contributed by atoms with Crippen LogP contribution < -0.4 is 14.8 Å². The van der Waals surface area contributed by atoms with Gasteiger partial charge in [-0.25, -0.2) is 8.60 Å². The van der Waals surface area contributed by atoms with Crippen molar-refractivity contribution < 1.29 is 22.9 Å². The smallest absolute Gasteiger partial charge is 0.251 e. The maximum atomic E-state index is 13.5. The van der Waals surface area contributed by atoms with Gasteiger partial charge < -0.3 is 14.8 Å². The van der Waals surface area contributed by atoms with Crippen molar-refractivity contribution in [2.45, 2.75) is 6.54 Å². The number of fused-ring (bicyclic) bond motifs is 1. The lowest BCUT2D eigenvalue weighted by Crippen LogP contribution is -2.25. The summed E-state index contributed by atoms with van der Waals surface area (Å²) in [5.41, 5.74) is 2.21. The van der Waals surface area contributed by atoms with E-state index in [9.17, 15) is 18.2 Å². The maximum absolute atomic E-state index is 13.5. The summed E-state index contributed by atoms with van der Waals surface area (Å²) in [6.07, 6.45) is 1.38. The number of carbonyl (C=O) groups excluding carboxylic acids is 2. The van der Waals surface area contributed by atoms with Gasteiger partial charge in [-0.05, 0) is 59.7 Å². The van der Waals surface area contributed by atoms with E-state index in [0.717, 1.165) is 11.3 Å². The van der Waals surface area contributed by atoms with Gasteiger partial charge in [0.05, 0.1) is 12.8 Å². The molecule has 162 valence electrons. The van der Waals surface area contributed by atoms with Gasteiger partial charge in [-0.3, -0.25) is 9.59 Å². The Balaban J connectivity index is 1.54. The zero-order valence-corrected chi connectivity index (χ0v) is 17.9. The lowest BCUT2D eigenvalue weighted by molar-refractivity contribution is 0.0951. The lowest BCUT2D eigenvalue weighted by Gasteiger charge is -2.19. The Kier molecular flexibility index (Phi) is 6.13. The lowest BCUT2D eigenvalue weighted by atomic mass is 10.0. The number of amides is 1. The van der Waals surface area contributed by atoms with Crippen LogP contribution in [0.15, 0.2) is 71.6 Å². The van der Waals surface area contributed by atoms with Gasteiger partial charge in [-0.2, -0.15) is 0 Å². The highest BCUT2D eigenvalue weighted by molar-refractivity contribution is 7.91. The quantitative estimate of drug-likeness (QED) is 0.574. The normalized spacial score (nSPS) is 16.2. The molecule has 32 heavy (non-hydrogen) atoms. The number of methoxy groups -OCH3 is 1. The second kappa shape index (κ2) is 9.15. The molecule has 0 spiro atoms. The summed E-state index contributed by atoms with van der Waals surface area (Å²) in [6.45, 7) is 0.306. The molecule has 1 heterocycles. The van der Waals surface area contributed by atoms with Crippen molar-refractivity contribution in [3.63, 3.8) is 0 Å². The monoisotopic (exact) mass is 450 g/mol. The number of benzene rings is 3. The molecular weight excluding hydrogens is 431 g/mol. The SMILES string of the molecule is COc1ccc(CNC(=O)c2ccc3c(c2)C(=O)/C(=C/c2cccc(F)c2)S(=O)N3)cc1. The predicted octanol–water partition coefficient (Wildman–Crippen LogP) is 4.08. The van der Waals surface area contributed by atoms with Gasteiger partial charge in [-0.1, -0.05) is 24.3 Å². The summed E-state index contributed by atoms with van der Waals surface area (Å²) >= 11 is 0. The number of ketones is 1. The molecule has 1 atom stereocenters. The van der Waals surface area contributed by atoms with Crippen LogP contribution in [0.4, 0.5) is 10.1 Å². The number of hydrogen-bond acceptors (Lipinski definition) is 4. The van der Waals surface area contributed by atoms with E-state index in [2.05, 4.69) is 10.0 Å². The molecule has 2 N–H and O–H groups in total. The molecule has 0 bridgehead atoms. The Morgan fingerprint density at radius 3 is 2.62 bits per heavy atom. The van der Waals surface area contributed by atoms with Gasteiger partial charge in [0.1, 0.15) is 16.5 Å². The van der Waals surface area contributed by atoms with Crippen LogP contribution in [0.5, 0.6) is 5.75 Å². The Labute approximate surface area is 186 Å². The average Bonchev–Trinajstić information content (AvgIpc) is 2.80. The van der Waals surface area contributed by atoms with Crippen LogP contribution in [0.2, 0.25) is 0 Å². The van der Waals surface area contributed by atoms with Crippen LogP contribution in [0.3, 0.4) is 0 Å². The minimum atomic E-state index is -1.80. The number of carbonyl (C=O) groups is 2. The zero-order valence-electron chi connectivity index (χ0n) is 17.1. The number of hydrogen-bond donors (Lipinski definition) is 2. The van der Waals surface area contributed by atoms with Crippen molar-refractivity contribution >= 4 is 34.4 Å². The largest absolute Gasteiger partial charge is 0.497 e. The molecule has 0 saturated carbocycles. The summed E-state index contributed by atoms with van der Waals surface area (Å²) in [4.78, 5) is 25.6. The van der Waals surface area contributed by atoms with E-state index < -0.39 is 22.6 Å². The highest BCUT2D eigenvalue weighted by Gasteiger charge is 2.28. The molecule has 0 aliphatic carbocycles. The van der Waals surface area contributed by atoms with Gasteiger partial charge in [0, 0.05) is 17.7 Å². The van der Waals surface area contributed by atoms with Crippen molar-refractivity contribution in [3.05, 3.63) is 99.7 Å². The third kappa shape index (κ3) is 4.60. The summed E-state index contributed by atoms with van der Waals surface area (Å²) in [7, 11) is -0.216. The van der Waals surface area contributed by atoms with E-state index in [0.29, 0.717) is 23.4 Å². The van der Waals surface area contributed by atoms with Crippen molar-refractivity contribution in [3.8, 4) is 5.75 Å². The molecule has 1 aliphatic rings. The molecule has 8 heteroatoms. The molecule has 1 unspecified atom stereocenters. The summed E-state index contributed by atoms with van der Waals surface area (Å²) in [5.74, 6) is -0.567. The molecule has 3 aromatic carbocycles. The summed E-state index contributed by atoms with van der Waals surface area (Å²) < 4.78 is 33.9. The molecule has 1 amide bonds. The second-order valence-corrected chi connectivity index (χ2v) is 8.24. The van der Waals surface area contributed by atoms with E-state index in [1.165, 1.54) is 30.3 Å². The second-order valence-electron chi connectivity index (χ2n) is 7.05. The number of rotatable bonds is 5. The number of Topliss-reactive ketones (excluding diaryl/α,β-unsaturated/α-hetero) is 1. The van der Waals surface area contributed by atoms with Crippen molar-refractivity contribution in [1.82, 2.24) is 5.32 Å². The molecular formula is C24H19FN2O4S. The van der Waals surface area contributed by atoms with Crippen LogP contribution in [-0.4, -0.2) is 23.0 Å². The molecule has 0 fully saturated rings. The Bertz CT molecular complexity index is 1260. The van der Waals surface area contributed by atoms with E-state index in [1.54, 1.807) is 37.4 Å². The number of halogens is 1. The number of nitrogens with one attached hydrogen (secondary N) is 2. The molecule has 0 saturated heterocycles. The van der Waals surface area contributed by atoms with Gasteiger partial charge in [0.15, 0.2) is 11.0 Å². The summed E-state index contributed by atoms with van der Waals surface area (Å²) in [5, 5.41) is 2.81. The van der Waals surface area contributed by atoms with E-state index >= 15 is 0 Å². The first-order valence-corrected chi connectivity index (χ1v) is 10.8. The van der Waals surface area contributed by atoms with E-state index in [-0.39, 0.29) is 16.4 Å². The first-order chi connectivity index (χ1) is 15.4. The standard InChI is InChI=1S/C24H19FN2O4S/c1-31-19-8-5-15(6-9-19)14-26-24(29)17-7-10-21-20(13-17)23(28)22(32(30)27-21)12-16-3-2-4-18(25)11-16/h2-13,27H,14H2,1H3,(H,26,29)/b22-12-. The minimum absolute atomic E-state index is 0.0149. The van der Waals surface area contributed by atoms with Gasteiger partial charge >= 0.3 is 0 Å². The fraction of sp³-hybridized carbons (Fsp3) is 0.0833. The Hall–Kier alpha value is -3.78. The van der Waals surface area contributed by atoms with E-state index in [1.807, 2.05) is 12.1 Å². The Morgan fingerprint density at radius 2 is 1.91 bits per heavy atom. The fourth-order valence-electron chi connectivity index (χ4n) is 3.23. The van der Waals surface area contributed by atoms with Crippen molar-refractivity contribution in [1.29, 1.82) is 0 Å². The number of anilines is 1. The van der Waals surface area contributed by atoms with Crippen LogP contribution in [0.1, 0.15) is 31.8 Å². The van der Waals surface area contributed by atoms with E-state index in [4.69, 9.17) is 4.74 Å². The number of ether oxygens (including phenoxy) is 1. The maximum Gasteiger partial charge on any atom is 0.251 e. The first-order valence-electron chi connectivity index (χ1n) is 9.70. The predicted molar refractivity (Wildman–Crippen MR) is 121 cm³/mol. The molecule has 6 nitrogen and oxygen atoms in total. The highest BCUT2D eigenvalue weighted by Crippen LogP contribution is 2.29. The Morgan fingerprint density at radius 1 is 1.12 bits per heavy atom. The minimum Gasteiger partial charge on any atom is -0.497 e. The van der Waals surface area contributed by atoms with Crippen LogP contribution >= 0.6 is 0 Å². The topological polar surface area (TPSA) is 84.5 Å². The first kappa shape index (κ1) is 21.5. The molecule has 0 aromatic heterocycles. The van der Waals surface area contributed by atoms with Crippen LogP contribution in [0, 0.1) is 5.82 Å². The van der Waals surface area contributed by atoms with Crippen LogP contribution in [-0.2, 0) is 17.5 Å². The van der Waals surface area contributed by atoms with Crippen LogP contribution in [0.25, 0.3) is 6.08 Å². The van der Waals surface area contributed by atoms with Gasteiger partial charge in [-0.15, -0.1) is 0 Å². The summed E-state index contributed by atoms with van der Waals surface area (Å²) in [6, 6.07) is 17.5. The van der Waals surface area contributed by atoms with Crippen molar-refractivity contribution in [2.75, 3.05) is 11.8 Å². The third-order valence-electron chi connectivity index (χ3n) is 4.91. The highest BCUT2D eigenvalue weighted by atomic mass is 32.2. The molecule has 3 aromatic rings. The average molecular weight is 450 g/mol. The molecule has 1 aliphatic heterocycles. The van der Waals surface area contributed by atoms with Gasteiger partial charge in [0.25, 0.3) is 5.91 Å². The fourth-order valence-corrected chi connectivity index (χ4v) is 4.24. The van der Waals surface area contributed by atoms with Gasteiger partial charge in [0.2, 0.25) is 5.78 Å². The molecule has 0 radical (unpaired) electrons.